The van der Waals surface area contributed by atoms with E-state index in [0.29, 0.717) is 0 Å². The van der Waals surface area contributed by atoms with E-state index in [-0.39, 0.29) is 0 Å². The Balaban J connectivity index is 2.96. The number of ether oxygens (including phenoxy) is 2. The van der Waals surface area contributed by atoms with Crippen LogP contribution in [0.15, 0.2) is 25.3 Å². The summed E-state index contributed by atoms with van der Waals surface area (Å²) >= 11 is 0. The predicted octanol–water partition coefficient (Wildman–Crippen LogP) is 2.64. The summed E-state index contributed by atoms with van der Waals surface area (Å²) in [6.07, 6.45) is -0.0797. The van der Waals surface area contributed by atoms with Gasteiger partial charge >= 0.3 is 17.9 Å². The van der Waals surface area contributed by atoms with Gasteiger partial charge in [0.15, 0.2) is 0 Å². The molecule has 1 aliphatic rings. The van der Waals surface area contributed by atoms with Crippen LogP contribution in [-0.2, 0) is 9.47 Å². The summed E-state index contributed by atoms with van der Waals surface area (Å²) in [4.78, 5) is 10.6. The fourth-order valence-electron chi connectivity index (χ4n) is 1.20. The molecule has 5 heteroatoms. The second kappa shape index (κ2) is 3.40. The first-order chi connectivity index (χ1) is 6.47. The zero-order chi connectivity index (χ0) is 10.8. The molecule has 0 amide bonds. The summed E-state index contributed by atoms with van der Waals surface area (Å²) in [5.74, 6) is -5.61. The van der Waals surface area contributed by atoms with Crippen LogP contribution in [0.1, 0.15) is 12.8 Å². The largest absolute Gasteiger partial charge is 0.514 e. The van der Waals surface area contributed by atoms with Crippen molar-refractivity contribution in [1.82, 2.24) is 0 Å². The molecule has 0 aromatic rings. The van der Waals surface area contributed by atoms with Crippen LogP contribution >= 0.6 is 0 Å². The number of halogens is 2. The Kier molecular flexibility index (Phi) is 2.59. The maximum Gasteiger partial charge on any atom is 0.514 e. The van der Waals surface area contributed by atoms with Crippen molar-refractivity contribution < 1.29 is 23.0 Å². The normalized spacial score (nSPS) is 36.0. The van der Waals surface area contributed by atoms with Gasteiger partial charge in [-0.15, -0.1) is 13.2 Å². The molecule has 1 rings (SSSR count). The van der Waals surface area contributed by atoms with E-state index in [0.717, 1.165) is 12.2 Å². The van der Waals surface area contributed by atoms with Crippen LogP contribution in [0.4, 0.5) is 13.6 Å². The highest BCUT2D eigenvalue weighted by Gasteiger charge is 2.64. The van der Waals surface area contributed by atoms with E-state index in [1.165, 1.54) is 0 Å². The van der Waals surface area contributed by atoms with Gasteiger partial charge in [-0.3, -0.25) is 0 Å². The molecule has 2 atom stereocenters. The van der Waals surface area contributed by atoms with Gasteiger partial charge in [0.05, 0.1) is 0 Å². The van der Waals surface area contributed by atoms with E-state index in [1.54, 1.807) is 0 Å². The number of alkyl halides is 2. The second-order valence-electron chi connectivity index (χ2n) is 2.90. The number of carbonyl (C=O) groups is 1. The van der Waals surface area contributed by atoms with Crippen molar-refractivity contribution in [3.8, 4) is 0 Å². The first-order valence-electron chi connectivity index (χ1n) is 3.99. The number of hydrogen-bond donors (Lipinski definition) is 0. The maximum absolute atomic E-state index is 13.7. The van der Waals surface area contributed by atoms with Crippen LogP contribution in [0.5, 0.6) is 0 Å². The first-order valence-corrected chi connectivity index (χ1v) is 3.99. The molecular weight excluding hydrogens is 194 g/mol. The highest BCUT2D eigenvalue weighted by Crippen LogP contribution is 2.44. The Bertz CT molecular complexity index is 253. The van der Waals surface area contributed by atoms with Crippen molar-refractivity contribution in [3.63, 3.8) is 0 Å². The summed E-state index contributed by atoms with van der Waals surface area (Å²) in [7, 11) is 0. The molecule has 0 aromatic heterocycles. The number of hydrogen-bond acceptors (Lipinski definition) is 3. The minimum Gasteiger partial charge on any atom is -0.389 e. The Morgan fingerprint density at radius 1 is 1.14 bits per heavy atom. The van der Waals surface area contributed by atoms with E-state index in [9.17, 15) is 13.6 Å². The zero-order valence-corrected chi connectivity index (χ0v) is 7.46. The third kappa shape index (κ3) is 1.49. The van der Waals surface area contributed by atoms with Gasteiger partial charge in [0.1, 0.15) is 0 Å². The van der Waals surface area contributed by atoms with Crippen LogP contribution in [0.2, 0.25) is 0 Å². The Hall–Kier alpha value is -1.39. The van der Waals surface area contributed by atoms with E-state index in [4.69, 9.17) is 0 Å². The van der Waals surface area contributed by atoms with Crippen LogP contribution < -0.4 is 0 Å². The molecule has 0 spiro atoms. The summed E-state index contributed by atoms with van der Waals surface area (Å²) in [5, 5.41) is 0. The molecule has 3 nitrogen and oxygen atoms in total. The van der Waals surface area contributed by atoms with E-state index in [1.807, 2.05) is 0 Å². The second-order valence-corrected chi connectivity index (χ2v) is 2.90. The molecule has 0 aromatic carbocycles. The summed E-state index contributed by atoms with van der Waals surface area (Å²) in [5.41, 5.74) is 0. The van der Waals surface area contributed by atoms with E-state index >= 15 is 0 Å². The van der Waals surface area contributed by atoms with E-state index in [2.05, 4.69) is 22.6 Å². The molecule has 1 fully saturated rings. The zero-order valence-electron chi connectivity index (χ0n) is 7.46. The Morgan fingerprint density at radius 3 is 1.79 bits per heavy atom. The lowest BCUT2D eigenvalue weighted by atomic mass is 10.0. The van der Waals surface area contributed by atoms with Crippen molar-refractivity contribution >= 4 is 6.16 Å². The van der Waals surface area contributed by atoms with Crippen molar-refractivity contribution in [2.45, 2.75) is 24.6 Å². The predicted molar refractivity (Wildman–Crippen MR) is 44.9 cm³/mol. The summed E-state index contributed by atoms with van der Waals surface area (Å²) in [6.45, 7) is 6.48. The molecule has 14 heavy (non-hydrogen) atoms. The highest BCUT2D eigenvalue weighted by atomic mass is 19.2. The molecule has 0 N–H and O–H groups in total. The molecule has 0 saturated carbocycles. The van der Waals surface area contributed by atoms with Crippen LogP contribution in [0.25, 0.3) is 0 Å². The quantitative estimate of drug-likeness (QED) is 0.521. The van der Waals surface area contributed by atoms with Gasteiger partial charge in [-0.1, -0.05) is 12.2 Å². The molecule has 78 valence electrons. The minimum absolute atomic E-state index is 0.469. The lowest BCUT2D eigenvalue weighted by Crippen LogP contribution is -2.44. The highest BCUT2D eigenvalue weighted by molar-refractivity contribution is 5.63. The van der Waals surface area contributed by atoms with Gasteiger partial charge in [0.2, 0.25) is 0 Å². The van der Waals surface area contributed by atoms with Gasteiger partial charge in [-0.05, 0) is 0 Å². The average Bonchev–Trinajstić information content (AvgIpc) is 2.23. The van der Waals surface area contributed by atoms with Crippen molar-refractivity contribution in [2.24, 2.45) is 0 Å². The van der Waals surface area contributed by atoms with Crippen molar-refractivity contribution in [1.29, 1.82) is 0 Å². The van der Waals surface area contributed by atoms with Crippen LogP contribution in [0, 0.1) is 0 Å². The molecule has 0 radical (unpaired) electrons. The lowest BCUT2D eigenvalue weighted by Gasteiger charge is -2.25. The summed E-state index contributed by atoms with van der Waals surface area (Å²) < 4.78 is 35.7. The van der Waals surface area contributed by atoms with Gasteiger partial charge in [-0.2, -0.15) is 8.78 Å². The minimum atomic E-state index is -2.81. The third-order valence-corrected chi connectivity index (χ3v) is 1.86. The molecular formula is C9H10F2O3. The van der Waals surface area contributed by atoms with Gasteiger partial charge in [0.25, 0.3) is 0 Å². The SMILES string of the molecule is C=CCC1(F)OC(=O)OC1(F)CC=C. The number of rotatable bonds is 4. The first kappa shape index (κ1) is 10.7. The molecule has 1 aliphatic heterocycles. The van der Waals surface area contributed by atoms with Gasteiger partial charge in [0, 0.05) is 12.8 Å². The van der Waals surface area contributed by atoms with Gasteiger partial charge < -0.3 is 9.47 Å². The molecule has 2 unspecified atom stereocenters. The Morgan fingerprint density at radius 2 is 1.50 bits per heavy atom. The molecule has 0 aliphatic carbocycles. The standard InChI is InChI=1S/C9H10F2O3/c1-3-5-8(10)9(11,6-4-2)14-7(12)13-8/h3-4H,1-2,5-6H2. The third-order valence-electron chi connectivity index (χ3n) is 1.86. The monoisotopic (exact) mass is 204 g/mol. The smallest absolute Gasteiger partial charge is 0.389 e. The molecule has 0 bridgehead atoms. The Labute approximate surface area is 80.0 Å². The number of cyclic esters (lactones) is 2. The van der Waals surface area contributed by atoms with Crippen LogP contribution in [0.3, 0.4) is 0 Å². The fourth-order valence-corrected chi connectivity index (χ4v) is 1.20. The van der Waals surface area contributed by atoms with Crippen molar-refractivity contribution in [3.05, 3.63) is 25.3 Å². The maximum atomic E-state index is 13.7. The number of carbonyl (C=O) groups excluding carboxylic acids is 1. The lowest BCUT2D eigenvalue weighted by molar-refractivity contribution is -0.209. The topological polar surface area (TPSA) is 35.5 Å². The van der Waals surface area contributed by atoms with Crippen LogP contribution in [-0.4, -0.2) is 17.9 Å². The molecule has 1 heterocycles. The molecule has 1 saturated heterocycles. The average molecular weight is 204 g/mol. The van der Waals surface area contributed by atoms with E-state index < -0.39 is 30.7 Å². The van der Waals surface area contributed by atoms with Gasteiger partial charge in [-0.25, -0.2) is 4.79 Å². The van der Waals surface area contributed by atoms with Crippen molar-refractivity contribution in [2.75, 3.05) is 0 Å². The fraction of sp³-hybridized carbons (Fsp3) is 0.444. The summed E-state index contributed by atoms with van der Waals surface area (Å²) in [6, 6.07) is 0.